The van der Waals surface area contributed by atoms with Crippen LogP contribution in [-0.4, -0.2) is 45.1 Å². The summed E-state index contributed by atoms with van der Waals surface area (Å²) in [6.07, 6.45) is 3.22. The van der Waals surface area contributed by atoms with Gasteiger partial charge in [0.2, 0.25) is 10.0 Å². The van der Waals surface area contributed by atoms with Crippen molar-refractivity contribution in [1.82, 2.24) is 19.9 Å². The number of sulfonamides is 1. The van der Waals surface area contributed by atoms with Crippen LogP contribution in [-0.2, 0) is 17.1 Å². The normalized spacial score (nSPS) is 18.9. The molecule has 1 aromatic rings. The highest BCUT2D eigenvalue weighted by atomic mass is 35.5. The van der Waals surface area contributed by atoms with Crippen LogP contribution in [0.3, 0.4) is 0 Å². The van der Waals surface area contributed by atoms with Crippen molar-refractivity contribution in [2.45, 2.75) is 23.8 Å². The molecule has 1 aliphatic rings. The largest absolute Gasteiger partial charge is 0.354 e. The predicted molar refractivity (Wildman–Crippen MR) is 82.3 cm³/mol. The van der Waals surface area contributed by atoms with E-state index in [0.717, 1.165) is 19.4 Å². The number of hydrogen-bond acceptors (Lipinski definition) is 4. The van der Waals surface area contributed by atoms with Gasteiger partial charge in [-0.3, -0.25) is 4.79 Å². The van der Waals surface area contributed by atoms with Gasteiger partial charge in [-0.05, 0) is 25.5 Å². The summed E-state index contributed by atoms with van der Waals surface area (Å²) in [5, 5.41) is 5.64. The number of nitrogens with zero attached hydrogens (tertiary/aromatic N) is 1. The van der Waals surface area contributed by atoms with Gasteiger partial charge in [0.05, 0.1) is 0 Å². The molecule has 7 nitrogen and oxygen atoms in total. The molecule has 1 aromatic heterocycles. The maximum Gasteiger partial charge on any atom is 0.267 e. The Balaban J connectivity index is 0.00000220. The number of carbonyl (C=O) groups excluding carboxylic acids is 1. The number of piperidine rings is 1. The lowest BCUT2D eigenvalue weighted by molar-refractivity contribution is 0.0955. The zero-order valence-corrected chi connectivity index (χ0v) is 13.7. The highest BCUT2D eigenvalue weighted by Crippen LogP contribution is 2.15. The van der Waals surface area contributed by atoms with Gasteiger partial charge < -0.3 is 15.2 Å². The van der Waals surface area contributed by atoms with Gasteiger partial charge in [0.15, 0.2) is 0 Å². The molecule has 0 bridgehead atoms. The molecule has 0 spiro atoms. The van der Waals surface area contributed by atoms with Crippen LogP contribution in [0.5, 0.6) is 0 Å². The highest BCUT2D eigenvalue weighted by Gasteiger charge is 2.24. The molecule has 1 fully saturated rings. The molecule has 1 atom stereocenters. The second kappa shape index (κ2) is 7.26. The summed E-state index contributed by atoms with van der Waals surface area (Å²) >= 11 is 0. The number of aromatic nitrogens is 1. The van der Waals surface area contributed by atoms with Gasteiger partial charge in [-0.2, -0.15) is 0 Å². The SMILES string of the molecule is CNC(=O)c1cc(S(=O)(=O)NC2CCCNC2)cn1C.Cl. The van der Waals surface area contributed by atoms with Crippen molar-refractivity contribution < 1.29 is 13.2 Å². The van der Waals surface area contributed by atoms with Crippen LogP contribution in [0.4, 0.5) is 0 Å². The van der Waals surface area contributed by atoms with Crippen LogP contribution in [0.25, 0.3) is 0 Å². The maximum absolute atomic E-state index is 12.3. The maximum atomic E-state index is 12.3. The lowest BCUT2D eigenvalue weighted by Crippen LogP contribution is -2.45. The summed E-state index contributed by atoms with van der Waals surface area (Å²) in [6.45, 7) is 1.55. The second-order valence-corrected chi connectivity index (χ2v) is 6.63. The minimum Gasteiger partial charge on any atom is -0.354 e. The van der Waals surface area contributed by atoms with Crippen LogP contribution in [0.2, 0.25) is 0 Å². The van der Waals surface area contributed by atoms with Crippen LogP contribution in [0, 0.1) is 0 Å². The van der Waals surface area contributed by atoms with E-state index in [2.05, 4.69) is 15.4 Å². The average Bonchev–Trinajstić information content (AvgIpc) is 2.81. The Hall–Kier alpha value is -1.09. The van der Waals surface area contributed by atoms with E-state index >= 15 is 0 Å². The Morgan fingerprint density at radius 1 is 1.48 bits per heavy atom. The average molecular weight is 337 g/mol. The fourth-order valence-corrected chi connectivity index (χ4v) is 3.61. The second-order valence-electron chi connectivity index (χ2n) is 4.92. The third-order valence-electron chi connectivity index (χ3n) is 3.37. The van der Waals surface area contributed by atoms with Gasteiger partial charge in [-0.25, -0.2) is 13.1 Å². The number of amides is 1. The number of carbonyl (C=O) groups is 1. The highest BCUT2D eigenvalue weighted by molar-refractivity contribution is 7.89. The van der Waals surface area contributed by atoms with Gasteiger partial charge in [-0.1, -0.05) is 0 Å². The molecule has 2 heterocycles. The molecule has 0 aromatic carbocycles. The fourth-order valence-electron chi connectivity index (χ4n) is 2.27. The summed E-state index contributed by atoms with van der Waals surface area (Å²) in [5.74, 6) is -0.312. The van der Waals surface area contributed by atoms with Crippen LogP contribution in [0.15, 0.2) is 17.2 Å². The number of halogens is 1. The first-order valence-corrected chi connectivity index (χ1v) is 8.04. The Morgan fingerprint density at radius 2 is 2.19 bits per heavy atom. The Kier molecular flexibility index (Phi) is 6.21. The minimum atomic E-state index is -3.59. The molecule has 1 aliphatic heterocycles. The molecule has 0 aliphatic carbocycles. The van der Waals surface area contributed by atoms with E-state index in [-0.39, 0.29) is 29.3 Å². The van der Waals surface area contributed by atoms with E-state index < -0.39 is 10.0 Å². The molecular weight excluding hydrogens is 316 g/mol. The molecule has 1 amide bonds. The molecule has 9 heteroatoms. The zero-order valence-electron chi connectivity index (χ0n) is 12.0. The monoisotopic (exact) mass is 336 g/mol. The molecule has 120 valence electrons. The molecule has 1 saturated heterocycles. The van der Waals surface area contributed by atoms with Crippen molar-refractivity contribution in [2.24, 2.45) is 7.05 Å². The van der Waals surface area contributed by atoms with Crippen LogP contribution < -0.4 is 15.4 Å². The number of nitrogens with one attached hydrogen (secondary N) is 3. The number of aryl methyl sites for hydroxylation is 1. The first-order valence-electron chi connectivity index (χ1n) is 6.55. The fraction of sp³-hybridized carbons (Fsp3) is 0.583. The van der Waals surface area contributed by atoms with Crippen LogP contribution >= 0.6 is 12.4 Å². The molecule has 0 saturated carbocycles. The summed E-state index contributed by atoms with van der Waals surface area (Å²) in [5.41, 5.74) is 0.314. The van der Waals surface area contributed by atoms with Crippen LogP contribution in [0.1, 0.15) is 23.3 Å². The van der Waals surface area contributed by atoms with E-state index in [1.807, 2.05) is 0 Å². The van der Waals surface area contributed by atoms with Crippen molar-refractivity contribution >= 4 is 28.3 Å². The first-order chi connectivity index (χ1) is 9.44. The van der Waals surface area contributed by atoms with Gasteiger partial charge in [0.1, 0.15) is 10.6 Å². The van der Waals surface area contributed by atoms with Gasteiger partial charge >= 0.3 is 0 Å². The molecule has 2 rings (SSSR count). The zero-order chi connectivity index (χ0) is 14.8. The van der Waals surface area contributed by atoms with Crippen molar-refractivity contribution in [3.8, 4) is 0 Å². The third kappa shape index (κ3) is 4.19. The van der Waals surface area contributed by atoms with E-state index in [4.69, 9.17) is 0 Å². The lowest BCUT2D eigenvalue weighted by Gasteiger charge is -2.23. The molecule has 3 N–H and O–H groups in total. The number of hydrogen-bond donors (Lipinski definition) is 3. The van der Waals surface area contributed by atoms with Crippen molar-refractivity contribution in [2.75, 3.05) is 20.1 Å². The predicted octanol–water partition coefficient (Wildman–Crippen LogP) is -0.163. The van der Waals surface area contributed by atoms with E-state index in [1.165, 1.54) is 23.9 Å². The summed E-state index contributed by atoms with van der Waals surface area (Å²) in [7, 11) is -0.440. The third-order valence-corrected chi connectivity index (χ3v) is 4.86. The van der Waals surface area contributed by atoms with Crippen molar-refractivity contribution in [1.29, 1.82) is 0 Å². The minimum absolute atomic E-state index is 0. The molecule has 21 heavy (non-hydrogen) atoms. The number of rotatable bonds is 4. The first kappa shape index (κ1) is 18.0. The van der Waals surface area contributed by atoms with Crippen molar-refractivity contribution in [3.05, 3.63) is 18.0 Å². The van der Waals surface area contributed by atoms with Gasteiger partial charge in [-0.15, -0.1) is 12.4 Å². The molecular formula is C12H21ClN4O3S. The Bertz CT molecular complexity index is 594. The van der Waals surface area contributed by atoms with Gasteiger partial charge in [0, 0.05) is 32.9 Å². The summed E-state index contributed by atoms with van der Waals surface area (Å²) in [6, 6.07) is 1.29. The molecule has 0 radical (unpaired) electrons. The summed E-state index contributed by atoms with van der Waals surface area (Å²) < 4.78 is 28.8. The Labute approximate surface area is 130 Å². The molecule has 1 unspecified atom stereocenters. The lowest BCUT2D eigenvalue weighted by atomic mass is 10.1. The van der Waals surface area contributed by atoms with Gasteiger partial charge in [0.25, 0.3) is 5.91 Å². The summed E-state index contributed by atoms with van der Waals surface area (Å²) in [4.78, 5) is 11.7. The van der Waals surface area contributed by atoms with Crippen molar-refractivity contribution in [3.63, 3.8) is 0 Å². The standard InChI is InChI=1S/C12H20N4O3S.ClH/c1-13-12(17)11-6-10(8-16(11)2)20(18,19)15-9-4-3-5-14-7-9;/h6,8-9,14-15H,3-5,7H2,1-2H3,(H,13,17);1H. The smallest absolute Gasteiger partial charge is 0.267 e. The van der Waals surface area contributed by atoms with E-state index in [9.17, 15) is 13.2 Å². The Morgan fingerprint density at radius 3 is 2.76 bits per heavy atom. The van der Waals surface area contributed by atoms with E-state index in [1.54, 1.807) is 7.05 Å². The van der Waals surface area contributed by atoms with E-state index in [0.29, 0.717) is 12.2 Å². The topological polar surface area (TPSA) is 92.2 Å². The quantitative estimate of drug-likeness (QED) is 0.712.